The Morgan fingerprint density at radius 3 is 3.09 bits per heavy atom. The van der Waals surface area contributed by atoms with Gasteiger partial charge in [0.05, 0.1) is 6.20 Å². The summed E-state index contributed by atoms with van der Waals surface area (Å²) < 4.78 is 5.64. The maximum atomic E-state index is 10.8. The number of aliphatic carboxylic acids is 1. The van der Waals surface area contributed by atoms with Gasteiger partial charge in [-0.3, -0.25) is 9.89 Å². The van der Waals surface area contributed by atoms with E-state index in [9.17, 15) is 4.79 Å². The zero-order valence-electron chi connectivity index (χ0n) is 12.6. The van der Waals surface area contributed by atoms with Crippen LogP contribution in [-0.4, -0.2) is 27.3 Å². The van der Waals surface area contributed by atoms with Gasteiger partial charge in [0.2, 0.25) is 0 Å². The summed E-state index contributed by atoms with van der Waals surface area (Å²) in [6.07, 6.45) is 5.04. The first-order chi connectivity index (χ1) is 10.6. The van der Waals surface area contributed by atoms with Gasteiger partial charge in [-0.1, -0.05) is 0 Å². The van der Waals surface area contributed by atoms with Crippen molar-refractivity contribution in [2.24, 2.45) is 5.92 Å². The summed E-state index contributed by atoms with van der Waals surface area (Å²) in [7, 11) is 0. The lowest BCUT2D eigenvalue weighted by Crippen LogP contribution is -2.26. The van der Waals surface area contributed by atoms with Crippen LogP contribution in [0, 0.1) is 12.8 Å². The van der Waals surface area contributed by atoms with Crippen molar-refractivity contribution in [3.05, 3.63) is 29.7 Å². The van der Waals surface area contributed by atoms with Crippen molar-refractivity contribution >= 4 is 5.97 Å². The van der Waals surface area contributed by atoms with E-state index in [-0.39, 0.29) is 6.42 Å². The van der Waals surface area contributed by atoms with Crippen molar-refractivity contribution in [3.63, 3.8) is 0 Å². The van der Waals surface area contributed by atoms with Crippen LogP contribution >= 0.6 is 0 Å². The topological polar surface area (TPSA) is 91.2 Å². The van der Waals surface area contributed by atoms with Crippen LogP contribution in [0.2, 0.25) is 0 Å². The highest BCUT2D eigenvalue weighted by Gasteiger charge is 2.26. The molecule has 3 rings (SSSR count). The van der Waals surface area contributed by atoms with E-state index in [0.717, 1.165) is 42.0 Å². The summed E-state index contributed by atoms with van der Waals surface area (Å²) in [6.45, 7) is 2.62. The molecular weight excluding hydrogens is 282 g/mol. The third kappa shape index (κ3) is 3.39. The molecule has 1 aliphatic carbocycles. The number of hydrogen-bond donors (Lipinski definition) is 3. The summed E-state index contributed by atoms with van der Waals surface area (Å²) in [4.78, 5) is 10.8. The van der Waals surface area contributed by atoms with Crippen LogP contribution in [-0.2, 0) is 11.3 Å². The van der Waals surface area contributed by atoms with Gasteiger partial charge in [-0.15, -0.1) is 0 Å². The molecule has 0 saturated heterocycles. The number of aryl methyl sites for hydroxylation is 1. The molecule has 0 spiro atoms. The molecular formula is C16H21N3O3. The fourth-order valence-electron chi connectivity index (χ4n) is 3.17. The molecule has 2 aromatic rings. The molecule has 0 aliphatic heterocycles. The Balaban J connectivity index is 1.57. The van der Waals surface area contributed by atoms with E-state index in [2.05, 4.69) is 15.5 Å². The third-order valence-corrected chi connectivity index (χ3v) is 4.29. The highest BCUT2D eigenvalue weighted by atomic mass is 16.4. The Kier molecular flexibility index (Phi) is 4.29. The number of hydrogen-bond acceptors (Lipinski definition) is 4. The number of aromatic amines is 1. The normalized spacial score (nSPS) is 21.3. The number of carbonyl (C=O) groups is 1. The van der Waals surface area contributed by atoms with Gasteiger partial charge in [0.25, 0.3) is 0 Å². The van der Waals surface area contributed by atoms with Crippen molar-refractivity contribution in [2.75, 3.05) is 0 Å². The maximum Gasteiger partial charge on any atom is 0.303 e. The Bertz CT molecular complexity index is 647. The van der Waals surface area contributed by atoms with Crippen molar-refractivity contribution in [1.82, 2.24) is 15.5 Å². The quantitative estimate of drug-likeness (QED) is 0.763. The smallest absolute Gasteiger partial charge is 0.303 e. The molecule has 0 radical (unpaired) electrons. The molecule has 0 bridgehead atoms. The second-order valence-electron chi connectivity index (χ2n) is 6.04. The van der Waals surface area contributed by atoms with Gasteiger partial charge >= 0.3 is 5.97 Å². The van der Waals surface area contributed by atoms with Gasteiger partial charge in [0, 0.05) is 24.6 Å². The van der Waals surface area contributed by atoms with Crippen LogP contribution in [0.1, 0.15) is 37.0 Å². The van der Waals surface area contributed by atoms with Gasteiger partial charge in [-0.05, 0) is 44.2 Å². The minimum atomic E-state index is -0.698. The fraction of sp³-hybridized carbons (Fsp3) is 0.500. The number of carboxylic acids is 1. The van der Waals surface area contributed by atoms with E-state index in [0.29, 0.717) is 18.5 Å². The minimum absolute atomic E-state index is 0.279. The van der Waals surface area contributed by atoms with Crippen LogP contribution in [0.4, 0.5) is 0 Å². The van der Waals surface area contributed by atoms with Crippen LogP contribution in [0.15, 0.2) is 22.7 Å². The first-order valence-corrected chi connectivity index (χ1v) is 7.66. The molecule has 6 heteroatoms. The van der Waals surface area contributed by atoms with Gasteiger partial charge in [0.1, 0.15) is 11.5 Å². The van der Waals surface area contributed by atoms with Gasteiger partial charge in [-0.2, -0.15) is 5.10 Å². The molecule has 0 amide bonds. The van der Waals surface area contributed by atoms with E-state index in [1.54, 1.807) is 0 Å². The lowest BCUT2D eigenvalue weighted by molar-refractivity contribution is -0.138. The highest BCUT2D eigenvalue weighted by molar-refractivity contribution is 5.67. The van der Waals surface area contributed by atoms with Gasteiger partial charge in [-0.25, -0.2) is 0 Å². The average molecular weight is 303 g/mol. The Labute approximate surface area is 128 Å². The predicted octanol–water partition coefficient (Wildman–Crippen LogP) is 2.71. The summed E-state index contributed by atoms with van der Waals surface area (Å²) in [5.74, 6) is 1.26. The molecule has 22 heavy (non-hydrogen) atoms. The van der Waals surface area contributed by atoms with Crippen LogP contribution in [0.3, 0.4) is 0 Å². The van der Waals surface area contributed by atoms with E-state index in [1.807, 2.05) is 25.3 Å². The van der Waals surface area contributed by atoms with Crippen molar-refractivity contribution in [3.8, 4) is 11.5 Å². The molecule has 118 valence electrons. The van der Waals surface area contributed by atoms with Crippen molar-refractivity contribution in [2.45, 2.75) is 45.2 Å². The zero-order chi connectivity index (χ0) is 15.5. The first-order valence-electron chi connectivity index (χ1n) is 7.66. The number of nitrogens with zero attached hydrogens (tertiary/aromatic N) is 1. The predicted molar refractivity (Wildman–Crippen MR) is 81.2 cm³/mol. The van der Waals surface area contributed by atoms with Crippen molar-refractivity contribution in [1.29, 1.82) is 0 Å². The van der Waals surface area contributed by atoms with E-state index < -0.39 is 5.97 Å². The molecule has 0 unspecified atom stereocenters. The fourth-order valence-corrected chi connectivity index (χ4v) is 3.17. The maximum absolute atomic E-state index is 10.8. The number of aromatic nitrogens is 2. The molecule has 2 aromatic heterocycles. The number of carboxylic acid groups (broad SMARTS) is 1. The largest absolute Gasteiger partial charge is 0.481 e. The van der Waals surface area contributed by atoms with Gasteiger partial charge in [0.15, 0.2) is 5.76 Å². The minimum Gasteiger partial charge on any atom is -0.481 e. The number of H-pyrrole nitrogens is 1. The van der Waals surface area contributed by atoms with Crippen LogP contribution < -0.4 is 5.32 Å². The van der Waals surface area contributed by atoms with Crippen LogP contribution in [0.5, 0.6) is 0 Å². The highest BCUT2D eigenvalue weighted by Crippen LogP contribution is 2.29. The standard InChI is InChI=1S/C16H21N3O3/c1-10-2-5-14(22-10)16-12(9-18-19-16)8-17-13-4-3-11(6-13)7-15(20)21/h2,5,9,11,13,17H,3-4,6-8H2,1H3,(H,18,19)(H,20,21)/t11-,13+/m0/s1. The van der Waals surface area contributed by atoms with Crippen molar-refractivity contribution < 1.29 is 14.3 Å². The molecule has 3 N–H and O–H groups in total. The molecule has 1 fully saturated rings. The number of nitrogens with one attached hydrogen (secondary N) is 2. The number of rotatable bonds is 6. The second kappa shape index (κ2) is 6.36. The summed E-state index contributed by atoms with van der Waals surface area (Å²) in [6, 6.07) is 4.25. The summed E-state index contributed by atoms with van der Waals surface area (Å²) in [5, 5.41) is 19.5. The average Bonchev–Trinajstić information content (AvgIpc) is 3.16. The zero-order valence-corrected chi connectivity index (χ0v) is 12.6. The Morgan fingerprint density at radius 2 is 2.36 bits per heavy atom. The third-order valence-electron chi connectivity index (χ3n) is 4.29. The lowest BCUT2D eigenvalue weighted by atomic mass is 10.0. The molecule has 0 aromatic carbocycles. The van der Waals surface area contributed by atoms with E-state index >= 15 is 0 Å². The van der Waals surface area contributed by atoms with Gasteiger partial charge < -0.3 is 14.8 Å². The number of furan rings is 1. The second-order valence-corrected chi connectivity index (χ2v) is 6.04. The molecule has 2 atom stereocenters. The molecule has 2 heterocycles. The first kappa shape index (κ1) is 14.8. The Hall–Kier alpha value is -2.08. The molecule has 1 saturated carbocycles. The van der Waals surface area contributed by atoms with Crippen LogP contribution in [0.25, 0.3) is 11.5 Å². The summed E-state index contributed by atoms with van der Waals surface area (Å²) in [5.41, 5.74) is 1.97. The molecule has 1 aliphatic rings. The monoisotopic (exact) mass is 303 g/mol. The van der Waals surface area contributed by atoms with E-state index in [1.165, 1.54) is 0 Å². The lowest BCUT2D eigenvalue weighted by Gasteiger charge is -2.12. The SMILES string of the molecule is Cc1ccc(-c2[nH]ncc2CN[C@@H]2CC[C@H](CC(=O)O)C2)o1. The molecule has 6 nitrogen and oxygen atoms in total. The summed E-state index contributed by atoms with van der Waals surface area (Å²) >= 11 is 0. The van der Waals surface area contributed by atoms with E-state index in [4.69, 9.17) is 9.52 Å². The Morgan fingerprint density at radius 1 is 1.50 bits per heavy atom.